The van der Waals surface area contributed by atoms with Crippen LogP contribution in [-0.2, 0) is 9.53 Å². The van der Waals surface area contributed by atoms with Gasteiger partial charge in [-0.1, -0.05) is 97.9 Å². The van der Waals surface area contributed by atoms with Crippen LogP contribution in [0.25, 0.3) is 22.3 Å². The number of nitrogens with one attached hydrogen (secondary N) is 1. The van der Waals surface area contributed by atoms with Crippen molar-refractivity contribution in [2.75, 3.05) is 19.7 Å². The van der Waals surface area contributed by atoms with Crippen molar-refractivity contribution in [3.63, 3.8) is 0 Å². The van der Waals surface area contributed by atoms with Crippen molar-refractivity contribution in [3.05, 3.63) is 137 Å². The second kappa shape index (κ2) is 13.6. The summed E-state index contributed by atoms with van der Waals surface area (Å²) in [7, 11) is 0. The van der Waals surface area contributed by atoms with E-state index >= 15 is 0 Å². The number of hydrogen-bond donors (Lipinski definition) is 1. The molecule has 41 heavy (non-hydrogen) atoms. The fraction of sp³-hybridized carbons (Fsp3) is 0.200. The first-order valence-corrected chi connectivity index (χ1v) is 13.9. The second-order valence-electron chi connectivity index (χ2n) is 9.83. The molecule has 0 amide bonds. The monoisotopic (exact) mass is 547 g/mol. The molecule has 0 radical (unpaired) electrons. The van der Waals surface area contributed by atoms with E-state index in [1.165, 1.54) is 6.07 Å². The van der Waals surface area contributed by atoms with Crippen LogP contribution in [0.4, 0.5) is 0 Å². The van der Waals surface area contributed by atoms with Gasteiger partial charge in [0, 0.05) is 18.2 Å². The molecule has 0 spiro atoms. The Balaban J connectivity index is 1.34. The predicted octanol–water partition coefficient (Wildman–Crippen LogP) is 6.58. The van der Waals surface area contributed by atoms with E-state index in [0.29, 0.717) is 29.0 Å². The molecule has 0 aliphatic carbocycles. The molecule has 0 bridgehead atoms. The normalized spacial score (nSPS) is 11.9. The molecule has 0 aliphatic rings. The van der Waals surface area contributed by atoms with Crippen LogP contribution in [0, 0.1) is 0 Å². The Morgan fingerprint density at radius 2 is 1.46 bits per heavy atom. The van der Waals surface area contributed by atoms with E-state index in [2.05, 4.69) is 12.2 Å². The maximum absolute atomic E-state index is 13.6. The molecule has 0 fully saturated rings. The number of fused-ring (bicyclic) bond motifs is 1. The van der Waals surface area contributed by atoms with Gasteiger partial charge >= 0.3 is 5.97 Å². The summed E-state index contributed by atoms with van der Waals surface area (Å²) in [4.78, 5) is 26.5. The molecule has 0 saturated heterocycles. The van der Waals surface area contributed by atoms with Crippen LogP contribution >= 0.6 is 0 Å². The van der Waals surface area contributed by atoms with Gasteiger partial charge in [0.2, 0.25) is 0 Å². The molecule has 4 aromatic carbocycles. The highest BCUT2D eigenvalue weighted by Crippen LogP contribution is 2.27. The average molecular weight is 548 g/mol. The highest BCUT2D eigenvalue weighted by molar-refractivity contribution is 5.82. The number of ether oxygens (including phenoxy) is 2. The van der Waals surface area contributed by atoms with Crippen molar-refractivity contribution >= 4 is 16.9 Å². The van der Waals surface area contributed by atoms with Crippen molar-refractivity contribution in [3.8, 4) is 17.1 Å². The third-order valence-corrected chi connectivity index (χ3v) is 6.78. The zero-order valence-corrected chi connectivity index (χ0v) is 23.0. The summed E-state index contributed by atoms with van der Waals surface area (Å²) in [5.74, 6) is 0.102. The predicted molar refractivity (Wildman–Crippen MR) is 161 cm³/mol. The summed E-state index contributed by atoms with van der Waals surface area (Å²) in [5.41, 5.74) is 2.88. The third-order valence-electron chi connectivity index (χ3n) is 6.78. The van der Waals surface area contributed by atoms with E-state index in [0.717, 1.165) is 29.7 Å². The van der Waals surface area contributed by atoms with Crippen molar-refractivity contribution in [2.45, 2.75) is 25.4 Å². The van der Waals surface area contributed by atoms with Gasteiger partial charge in [0.1, 0.15) is 35.7 Å². The summed E-state index contributed by atoms with van der Waals surface area (Å²) in [6.07, 6.45) is 0.403. The van der Waals surface area contributed by atoms with Crippen LogP contribution in [0.5, 0.6) is 5.75 Å². The van der Waals surface area contributed by atoms with Crippen LogP contribution in [-0.4, -0.2) is 31.8 Å². The van der Waals surface area contributed by atoms with Gasteiger partial charge in [-0.15, -0.1) is 0 Å². The number of hydrogen-bond acceptors (Lipinski definition) is 6. The first-order valence-electron chi connectivity index (χ1n) is 13.9. The molecule has 1 atom stereocenters. The van der Waals surface area contributed by atoms with Gasteiger partial charge < -0.3 is 19.2 Å². The summed E-state index contributed by atoms with van der Waals surface area (Å²) in [6, 6.07) is 35.4. The number of esters is 1. The SMILES string of the molecule is CCCNCC(COc1ccc2oc(-c3ccccc3)cc(=O)c2c1)OC(=O)C(c1ccccc1)c1ccccc1. The molecule has 208 valence electrons. The standard InChI is InChI=1S/C35H33NO5/c1-2-20-36-23-29(40-35(38)34(26-14-8-4-9-15-26)27-16-10-5-11-17-27)24-39-28-18-19-32-30(21-28)31(37)22-33(41-32)25-12-6-3-7-13-25/h3-19,21-22,29,34,36H,2,20,23-24H2,1H3. The van der Waals surface area contributed by atoms with Gasteiger partial charge in [0.05, 0.1) is 5.39 Å². The van der Waals surface area contributed by atoms with Gasteiger partial charge in [-0.2, -0.15) is 0 Å². The minimum atomic E-state index is -0.560. The number of benzene rings is 4. The van der Waals surface area contributed by atoms with Crippen LogP contribution < -0.4 is 15.5 Å². The van der Waals surface area contributed by atoms with Gasteiger partial charge in [-0.3, -0.25) is 9.59 Å². The first kappa shape index (κ1) is 27.9. The Morgan fingerprint density at radius 3 is 2.10 bits per heavy atom. The lowest BCUT2D eigenvalue weighted by atomic mass is 9.91. The van der Waals surface area contributed by atoms with Crippen LogP contribution in [0.2, 0.25) is 0 Å². The second-order valence-corrected chi connectivity index (χ2v) is 9.83. The van der Waals surface area contributed by atoms with Crippen LogP contribution in [0.15, 0.2) is 124 Å². The highest BCUT2D eigenvalue weighted by atomic mass is 16.6. The summed E-state index contributed by atoms with van der Waals surface area (Å²) < 4.78 is 18.1. The smallest absolute Gasteiger partial charge is 0.318 e. The number of carbonyl (C=O) groups is 1. The molecule has 1 heterocycles. The first-order chi connectivity index (χ1) is 20.1. The molecule has 0 saturated carbocycles. The maximum atomic E-state index is 13.6. The Kier molecular flexibility index (Phi) is 9.24. The lowest BCUT2D eigenvalue weighted by Gasteiger charge is -2.23. The van der Waals surface area contributed by atoms with Crippen molar-refractivity contribution in [2.24, 2.45) is 0 Å². The zero-order chi connectivity index (χ0) is 28.4. The summed E-state index contributed by atoms with van der Waals surface area (Å²) in [5, 5.41) is 3.76. The lowest BCUT2D eigenvalue weighted by molar-refractivity contribution is -0.151. The van der Waals surface area contributed by atoms with E-state index in [-0.39, 0.29) is 18.0 Å². The zero-order valence-electron chi connectivity index (χ0n) is 23.0. The lowest BCUT2D eigenvalue weighted by Crippen LogP contribution is -2.37. The fourth-order valence-electron chi connectivity index (χ4n) is 4.72. The van der Waals surface area contributed by atoms with Crippen molar-refractivity contribution in [1.82, 2.24) is 5.32 Å². The van der Waals surface area contributed by atoms with Crippen molar-refractivity contribution in [1.29, 1.82) is 0 Å². The van der Waals surface area contributed by atoms with E-state index in [1.54, 1.807) is 18.2 Å². The summed E-state index contributed by atoms with van der Waals surface area (Å²) in [6.45, 7) is 3.43. The third kappa shape index (κ3) is 7.10. The van der Waals surface area contributed by atoms with Gasteiger partial charge in [-0.05, 0) is 42.3 Å². The van der Waals surface area contributed by atoms with Gasteiger partial charge in [0.25, 0.3) is 0 Å². The molecule has 6 heteroatoms. The van der Waals surface area contributed by atoms with Crippen LogP contribution in [0.1, 0.15) is 30.4 Å². The quantitative estimate of drug-likeness (QED) is 0.140. The Bertz CT molecular complexity index is 1580. The maximum Gasteiger partial charge on any atom is 0.318 e. The molecule has 1 aromatic heterocycles. The van der Waals surface area contributed by atoms with Gasteiger partial charge in [-0.25, -0.2) is 0 Å². The fourth-order valence-corrected chi connectivity index (χ4v) is 4.72. The average Bonchev–Trinajstić information content (AvgIpc) is 3.01. The van der Waals surface area contributed by atoms with E-state index in [1.807, 2.05) is 91.0 Å². The van der Waals surface area contributed by atoms with Gasteiger partial charge in [0.15, 0.2) is 5.43 Å². The Morgan fingerprint density at radius 1 is 0.829 bits per heavy atom. The molecule has 6 nitrogen and oxygen atoms in total. The van der Waals surface area contributed by atoms with E-state index < -0.39 is 12.0 Å². The van der Waals surface area contributed by atoms with E-state index in [4.69, 9.17) is 13.9 Å². The largest absolute Gasteiger partial charge is 0.490 e. The Hall–Kier alpha value is -4.68. The minimum Gasteiger partial charge on any atom is -0.490 e. The number of carbonyl (C=O) groups excluding carboxylic acids is 1. The highest BCUT2D eigenvalue weighted by Gasteiger charge is 2.27. The molecular weight excluding hydrogens is 514 g/mol. The topological polar surface area (TPSA) is 77.8 Å². The van der Waals surface area contributed by atoms with Crippen LogP contribution in [0.3, 0.4) is 0 Å². The molecule has 1 unspecified atom stereocenters. The molecule has 0 aliphatic heterocycles. The molecule has 5 aromatic rings. The summed E-state index contributed by atoms with van der Waals surface area (Å²) >= 11 is 0. The van der Waals surface area contributed by atoms with E-state index in [9.17, 15) is 9.59 Å². The van der Waals surface area contributed by atoms with Crippen molar-refractivity contribution < 1.29 is 18.7 Å². The number of rotatable bonds is 12. The Labute approximate surface area is 239 Å². The molecule has 5 rings (SSSR count). The minimum absolute atomic E-state index is 0.123. The molecule has 1 N–H and O–H groups in total. The molecular formula is C35H33NO5.